The molecular weight excluding hydrogens is 336 g/mol. The molecule has 4 heteroatoms. The van der Waals surface area contributed by atoms with Gasteiger partial charge >= 0.3 is 0 Å². The van der Waals surface area contributed by atoms with Crippen molar-refractivity contribution >= 4 is 5.71 Å². The minimum atomic E-state index is -0.0435. The van der Waals surface area contributed by atoms with E-state index in [9.17, 15) is 5.11 Å². The van der Waals surface area contributed by atoms with Crippen LogP contribution in [-0.2, 0) is 4.84 Å². The molecule has 27 heavy (non-hydrogen) atoms. The highest BCUT2D eigenvalue weighted by atomic mass is 16.6. The summed E-state index contributed by atoms with van der Waals surface area (Å²) in [5.41, 5.74) is 2.07. The fourth-order valence-corrected chi connectivity index (χ4v) is 7.52. The molecule has 0 bridgehead atoms. The average molecular weight is 377 g/mol. The van der Waals surface area contributed by atoms with Gasteiger partial charge in [-0.05, 0) is 101 Å². The van der Waals surface area contributed by atoms with Crippen molar-refractivity contribution in [2.45, 2.75) is 77.7 Å². The first kappa shape index (κ1) is 19.7. The predicted molar refractivity (Wildman–Crippen MR) is 110 cm³/mol. The number of fused-ring (bicyclic) bond motifs is 5. The van der Waals surface area contributed by atoms with Gasteiger partial charge in [-0.2, -0.15) is 0 Å². The van der Waals surface area contributed by atoms with Crippen LogP contribution in [-0.4, -0.2) is 49.1 Å². The SMILES string of the molecule is CN(C)CCON=C1CC[C@H]2[C@@H]3CC[C@H]4C[C@H](O)CC[C@]4(C)[C@H]3CC[C@]12C. The van der Waals surface area contributed by atoms with Crippen molar-refractivity contribution in [2.24, 2.45) is 39.7 Å². The zero-order valence-electron chi connectivity index (χ0n) is 17.9. The molecule has 0 saturated heterocycles. The van der Waals surface area contributed by atoms with Crippen LogP contribution in [0.4, 0.5) is 0 Å². The van der Waals surface area contributed by atoms with Crippen molar-refractivity contribution in [1.82, 2.24) is 4.90 Å². The van der Waals surface area contributed by atoms with Crippen molar-refractivity contribution < 1.29 is 9.94 Å². The highest BCUT2D eigenvalue weighted by molar-refractivity contribution is 5.92. The summed E-state index contributed by atoms with van der Waals surface area (Å²) in [7, 11) is 4.15. The molecule has 4 saturated carbocycles. The molecule has 0 amide bonds. The average Bonchev–Trinajstić information content (AvgIpc) is 2.96. The predicted octanol–water partition coefficient (Wildman–Crippen LogP) is 4.32. The molecule has 4 nitrogen and oxygen atoms in total. The summed E-state index contributed by atoms with van der Waals surface area (Å²) in [5, 5.41) is 14.8. The Morgan fingerprint density at radius 1 is 1.07 bits per heavy atom. The van der Waals surface area contributed by atoms with Crippen molar-refractivity contribution in [3.05, 3.63) is 0 Å². The molecule has 0 heterocycles. The van der Waals surface area contributed by atoms with Crippen LogP contribution >= 0.6 is 0 Å². The van der Waals surface area contributed by atoms with Crippen molar-refractivity contribution in [1.29, 1.82) is 0 Å². The Bertz CT molecular complexity index is 577. The number of aliphatic hydroxyl groups excluding tert-OH is 1. The van der Waals surface area contributed by atoms with E-state index in [2.05, 4.69) is 38.0 Å². The number of aliphatic hydroxyl groups is 1. The Hall–Kier alpha value is -0.610. The number of rotatable bonds is 4. The topological polar surface area (TPSA) is 45.1 Å². The second-order valence-corrected chi connectivity index (χ2v) is 10.8. The van der Waals surface area contributed by atoms with Gasteiger partial charge in [-0.15, -0.1) is 0 Å². The number of likely N-dealkylation sites (N-methyl/N-ethyl adjacent to an activating group) is 1. The maximum absolute atomic E-state index is 10.2. The molecule has 0 aromatic rings. The van der Waals surface area contributed by atoms with Crippen LogP contribution in [0.15, 0.2) is 5.16 Å². The molecule has 1 N–H and O–H groups in total. The Labute approximate surface area is 165 Å². The molecule has 0 aromatic carbocycles. The molecule has 4 aliphatic carbocycles. The highest BCUT2D eigenvalue weighted by Crippen LogP contribution is 2.65. The number of nitrogens with zero attached hydrogens (tertiary/aromatic N) is 2. The van der Waals surface area contributed by atoms with Gasteiger partial charge in [0.25, 0.3) is 0 Å². The van der Waals surface area contributed by atoms with E-state index >= 15 is 0 Å². The lowest BCUT2D eigenvalue weighted by molar-refractivity contribution is -0.114. The van der Waals surface area contributed by atoms with Crippen LogP contribution in [0.5, 0.6) is 0 Å². The van der Waals surface area contributed by atoms with E-state index < -0.39 is 0 Å². The van der Waals surface area contributed by atoms with Gasteiger partial charge in [-0.1, -0.05) is 19.0 Å². The first-order chi connectivity index (χ1) is 12.8. The summed E-state index contributed by atoms with van der Waals surface area (Å²) in [5.74, 6) is 3.25. The van der Waals surface area contributed by atoms with E-state index in [0.717, 1.165) is 49.5 Å². The minimum absolute atomic E-state index is 0.0435. The van der Waals surface area contributed by atoms with Crippen molar-refractivity contribution in [2.75, 3.05) is 27.2 Å². The molecule has 4 aliphatic rings. The van der Waals surface area contributed by atoms with Gasteiger partial charge < -0.3 is 14.8 Å². The molecule has 4 fully saturated rings. The zero-order chi connectivity index (χ0) is 19.2. The molecule has 0 spiro atoms. The Morgan fingerprint density at radius 3 is 2.67 bits per heavy atom. The zero-order valence-corrected chi connectivity index (χ0v) is 17.9. The van der Waals surface area contributed by atoms with Crippen LogP contribution in [0.3, 0.4) is 0 Å². The minimum Gasteiger partial charge on any atom is -0.394 e. The van der Waals surface area contributed by atoms with Gasteiger partial charge in [-0.3, -0.25) is 0 Å². The third kappa shape index (κ3) is 3.35. The van der Waals surface area contributed by atoms with Crippen LogP contribution < -0.4 is 0 Å². The Balaban J connectivity index is 1.48. The van der Waals surface area contributed by atoms with Crippen molar-refractivity contribution in [3.8, 4) is 0 Å². The van der Waals surface area contributed by atoms with E-state index in [1.807, 2.05) is 0 Å². The summed E-state index contributed by atoms with van der Waals surface area (Å²) in [6.07, 6.45) is 11.0. The normalized spacial score (nSPS) is 48.2. The van der Waals surface area contributed by atoms with E-state index in [-0.39, 0.29) is 11.5 Å². The largest absolute Gasteiger partial charge is 0.394 e. The number of hydrogen-bond acceptors (Lipinski definition) is 4. The fraction of sp³-hybridized carbons (Fsp3) is 0.957. The lowest BCUT2D eigenvalue weighted by atomic mass is 9.45. The van der Waals surface area contributed by atoms with E-state index in [4.69, 9.17) is 4.84 Å². The van der Waals surface area contributed by atoms with E-state index in [1.54, 1.807) is 0 Å². The lowest BCUT2D eigenvalue weighted by Crippen LogP contribution is -2.54. The van der Waals surface area contributed by atoms with Gasteiger partial charge in [0.05, 0.1) is 11.8 Å². The van der Waals surface area contributed by atoms with Gasteiger partial charge in [0.1, 0.15) is 6.61 Å². The van der Waals surface area contributed by atoms with Crippen LogP contribution in [0, 0.1) is 34.5 Å². The van der Waals surface area contributed by atoms with Crippen LogP contribution in [0.1, 0.15) is 71.6 Å². The standard InChI is InChI=1S/C23H40N2O2/c1-22-11-9-17(26)15-16(22)5-6-18-19-7-8-21(24-27-14-13-25(3)4)23(19,2)12-10-20(18)22/h16-20,26H,5-15H2,1-4H3/t16-,17+,18-,19-,20-,22-,23-/m0/s1. The monoisotopic (exact) mass is 376 g/mol. The molecule has 4 rings (SSSR count). The fourth-order valence-electron chi connectivity index (χ4n) is 7.52. The Kier molecular flexibility index (Phi) is 5.35. The molecule has 154 valence electrons. The van der Waals surface area contributed by atoms with Crippen molar-refractivity contribution in [3.63, 3.8) is 0 Å². The van der Waals surface area contributed by atoms with Gasteiger partial charge in [-0.25, -0.2) is 0 Å². The first-order valence-electron chi connectivity index (χ1n) is 11.4. The molecule has 7 atom stereocenters. The first-order valence-corrected chi connectivity index (χ1v) is 11.4. The molecule has 0 aliphatic heterocycles. The summed E-state index contributed by atoms with van der Waals surface area (Å²) in [4.78, 5) is 7.86. The lowest BCUT2D eigenvalue weighted by Gasteiger charge is -2.60. The molecule has 0 unspecified atom stereocenters. The van der Waals surface area contributed by atoms with E-state index in [1.165, 1.54) is 44.2 Å². The van der Waals surface area contributed by atoms with Crippen LogP contribution in [0.2, 0.25) is 0 Å². The summed E-state index contributed by atoms with van der Waals surface area (Å²) >= 11 is 0. The summed E-state index contributed by atoms with van der Waals surface area (Å²) < 4.78 is 0. The maximum Gasteiger partial charge on any atom is 0.129 e. The maximum atomic E-state index is 10.2. The third-order valence-electron chi connectivity index (χ3n) is 9.18. The molecule has 0 aromatic heterocycles. The van der Waals surface area contributed by atoms with Gasteiger partial charge in [0.2, 0.25) is 0 Å². The second kappa shape index (κ2) is 7.33. The molecular formula is C23H40N2O2. The Morgan fingerprint density at radius 2 is 1.89 bits per heavy atom. The highest BCUT2D eigenvalue weighted by Gasteiger charge is 2.59. The summed E-state index contributed by atoms with van der Waals surface area (Å²) in [6.45, 7) is 6.66. The quantitative estimate of drug-likeness (QED) is 0.587. The number of hydrogen-bond donors (Lipinski definition) is 1. The smallest absolute Gasteiger partial charge is 0.129 e. The second-order valence-electron chi connectivity index (χ2n) is 10.8. The van der Waals surface area contributed by atoms with Gasteiger partial charge in [0.15, 0.2) is 0 Å². The van der Waals surface area contributed by atoms with Crippen LogP contribution in [0.25, 0.3) is 0 Å². The summed E-state index contributed by atoms with van der Waals surface area (Å²) in [6, 6.07) is 0. The third-order valence-corrected chi connectivity index (χ3v) is 9.18. The molecule has 0 radical (unpaired) electrons. The number of oxime groups is 1. The van der Waals surface area contributed by atoms with E-state index in [0.29, 0.717) is 12.0 Å². The van der Waals surface area contributed by atoms with Gasteiger partial charge in [0, 0.05) is 12.0 Å².